The smallest absolute Gasteiger partial charge is 0.258 e. The standard InChI is InChI=1S/C25H19F3N2O4S/c26-15-2-6-22-19(10-15)17-7-8-35(32,33)23-11-16(3-4-18(23)25(17)30-22)34-13-24(31)29-12-14-1-5-20(27)21(28)9-14/h1-6,9-11,30H,7-8,12-13H2,(H,29,31). The van der Waals surface area contributed by atoms with E-state index in [1.165, 1.54) is 24.3 Å². The van der Waals surface area contributed by atoms with Gasteiger partial charge in [0.15, 0.2) is 28.1 Å². The number of carbonyl (C=O) groups is 1. The molecule has 0 bridgehead atoms. The van der Waals surface area contributed by atoms with E-state index in [4.69, 9.17) is 4.74 Å². The minimum Gasteiger partial charge on any atom is -0.484 e. The summed E-state index contributed by atoms with van der Waals surface area (Å²) >= 11 is 0. The molecule has 2 N–H and O–H groups in total. The highest BCUT2D eigenvalue weighted by molar-refractivity contribution is 7.91. The van der Waals surface area contributed by atoms with Crippen LogP contribution in [-0.4, -0.2) is 31.7 Å². The summed E-state index contributed by atoms with van der Waals surface area (Å²) in [7, 11) is -3.67. The van der Waals surface area contributed by atoms with Gasteiger partial charge in [-0.3, -0.25) is 4.79 Å². The molecule has 0 aliphatic carbocycles. The zero-order valence-corrected chi connectivity index (χ0v) is 19.0. The van der Waals surface area contributed by atoms with E-state index < -0.39 is 39.8 Å². The van der Waals surface area contributed by atoms with Crippen molar-refractivity contribution in [2.45, 2.75) is 17.9 Å². The molecule has 6 nitrogen and oxygen atoms in total. The molecule has 1 amide bonds. The van der Waals surface area contributed by atoms with Crippen molar-refractivity contribution in [3.05, 3.63) is 83.2 Å². The molecule has 0 saturated heterocycles. The maximum atomic E-state index is 13.8. The predicted molar refractivity (Wildman–Crippen MR) is 123 cm³/mol. The van der Waals surface area contributed by atoms with Crippen LogP contribution in [0.1, 0.15) is 11.1 Å². The lowest BCUT2D eigenvalue weighted by Gasteiger charge is -2.11. The van der Waals surface area contributed by atoms with E-state index in [2.05, 4.69) is 10.3 Å². The van der Waals surface area contributed by atoms with Gasteiger partial charge >= 0.3 is 0 Å². The van der Waals surface area contributed by atoms with Gasteiger partial charge in [-0.05, 0) is 66.1 Å². The van der Waals surface area contributed by atoms with Gasteiger partial charge in [0.2, 0.25) is 0 Å². The van der Waals surface area contributed by atoms with Crippen LogP contribution in [0.5, 0.6) is 5.75 Å². The molecule has 2 heterocycles. The Kier molecular flexibility index (Phi) is 5.76. The van der Waals surface area contributed by atoms with Crippen molar-refractivity contribution < 1.29 is 31.1 Å². The molecule has 0 unspecified atom stereocenters. The molecular weight excluding hydrogens is 481 g/mol. The first-order chi connectivity index (χ1) is 16.7. The number of benzene rings is 3. The monoisotopic (exact) mass is 500 g/mol. The highest BCUT2D eigenvalue weighted by atomic mass is 32.2. The van der Waals surface area contributed by atoms with E-state index in [1.54, 1.807) is 18.2 Å². The Balaban J connectivity index is 1.35. The Hall–Kier alpha value is -3.79. The summed E-state index contributed by atoms with van der Waals surface area (Å²) in [6.07, 6.45) is 0.221. The van der Waals surface area contributed by atoms with Crippen molar-refractivity contribution >= 4 is 26.6 Å². The SMILES string of the molecule is O=C(COc1ccc2c(c1)S(=O)(=O)CCc1c-2[nH]c2ccc(F)cc12)NCc1ccc(F)c(F)c1. The third-order valence-electron chi connectivity index (χ3n) is 5.89. The fraction of sp³-hybridized carbons (Fsp3) is 0.160. The van der Waals surface area contributed by atoms with Gasteiger partial charge in [0, 0.05) is 23.0 Å². The number of rotatable bonds is 5. The first kappa shape index (κ1) is 23.0. The van der Waals surface area contributed by atoms with Crippen LogP contribution in [0.15, 0.2) is 59.5 Å². The number of H-pyrrole nitrogens is 1. The molecule has 1 aromatic heterocycles. The fourth-order valence-corrected chi connectivity index (χ4v) is 5.66. The number of aromatic amines is 1. The molecule has 5 rings (SSSR count). The summed E-state index contributed by atoms with van der Waals surface area (Å²) < 4.78 is 71.6. The number of amides is 1. The lowest BCUT2D eigenvalue weighted by atomic mass is 10.0. The summed E-state index contributed by atoms with van der Waals surface area (Å²) in [5.74, 6) is -2.89. The lowest BCUT2D eigenvalue weighted by Crippen LogP contribution is -2.28. The molecule has 4 aromatic rings. The van der Waals surface area contributed by atoms with Crippen LogP contribution in [0.4, 0.5) is 13.2 Å². The normalized spacial score (nSPS) is 14.1. The fourth-order valence-electron chi connectivity index (χ4n) is 4.16. The molecule has 1 aliphatic rings. The van der Waals surface area contributed by atoms with Crippen molar-refractivity contribution in [2.75, 3.05) is 12.4 Å². The summed E-state index contributed by atoms with van der Waals surface area (Å²) in [5, 5.41) is 3.17. The highest BCUT2D eigenvalue weighted by Gasteiger charge is 2.28. The Morgan fingerprint density at radius 2 is 1.83 bits per heavy atom. The van der Waals surface area contributed by atoms with Crippen LogP contribution in [0, 0.1) is 17.5 Å². The first-order valence-corrected chi connectivity index (χ1v) is 12.4. The number of nitrogens with one attached hydrogen (secondary N) is 2. The van der Waals surface area contributed by atoms with Crippen molar-refractivity contribution in [1.29, 1.82) is 0 Å². The topological polar surface area (TPSA) is 88.3 Å². The second-order valence-electron chi connectivity index (χ2n) is 8.21. The molecule has 1 aliphatic heterocycles. The molecule has 3 aromatic carbocycles. The maximum absolute atomic E-state index is 13.8. The van der Waals surface area contributed by atoms with Gasteiger partial charge in [-0.2, -0.15) is 0 Å². The van der Waals surface area contributed by atoms with Crippen LogP contribution in [-0.2, 0) is 27.6 Å². The number of hydrogen-bond donors (Lipinski definition) is 2. The van der Waals surface area contributed by atoms with E-state index in [0.29, 0.717) is 27.7 Å². The molecule has 180 valence electrons. The Morgan fingerprint density at radius 3 is 2.63 bits per heavy atom. The lowest BCUT2D eigenvalue weighted by molar-refractivity contribution is -0.123. The van der Waals surface area contributed by atoms with Gasteiger partial charge in [-0.1, -0.05) is 6.07 Å². The molecule has 0 radical (unpaired) electrons. The van der Waals surface area contributed by atoms with Crippen molar-refractivity contribution in [1.82, 2.24) is 10.3 Å². The van der Waals surface area contributed by atoms with Gasteiger partial charge in [-0.25, -0.2) is 21.6 Å². The third-order valence-corrected chi connectivity index (χ3v) is 7.64. The van der Waals surface area contributed by atoms with Gasteiger partial charge in [0.05, 0.1) is 16.3 Å². The summed E-state index contributed by atoms with van der Waals surface area (Å²) in [4.78, 5) is 15.4. The molecular formula is C25H19F3N2O4S. The molecule has 0 atom stereocenters. The predicted octanol–water partition coefficient (Wildman–Crippen LogP) is 4.28. The number of sulfone groups is 1. The van der Waals surface area contributed by atoms with E-state index in [9.17, 15) is 26.4 Å². The molecule has 0 saturated carbocycles. The van der Waals surface area contributed by atoms with Crippen LogP contribution in [0.2, 0.25) is 0 Å². The second kappa shape index (κ2) is 8.77. The number of fused-ring (bicyclic) bond motifs is 5. The zero-order valence-electron chi connectivity index (χ0n) is 18.2. The molecule has 0 spiro atoms. The second-order valence-corrected chi connectivity index (χ2v) is 10.3. The number of halogens is 3. The van der Waals surface area contributed by atoms with Crippen molar-refractivity contribution in [2.24, 2.45) is 0 Å². The maximum Gasteiger partial charge on any atom is 0.258 e. The number of aryl methyl sites for hydroxylation is 1. The minimum absolute atomic E-state index is 0.0261. The van der Waals surface area contributed by atoms with Gasteiger partial charge in [-0.15, -0.1) is 0 Å². The van der Waals surface area contributed by atoms with Gasteiger partial charge < -0.3 is 15.0 Å². The number of carbonyl (C=O) groups excluding carboxylic acids is 1. The average molecular weight is 500 g/mol. The Bertz CT molecular complexity index is 1580. The van der Waals surface area contributed by atoms with Crippen LogP contribution in [0.25, 0.3) is 22.2 Å². The van der Waals surface area contributed by atoms with Crippen LogP contribution in [0.3, 0.4) is 0 Å². The Labute approximate surface area is 198 Å². The van der Waals surface area contributed by atoms with E-state index >= 15 is 0 Å². The Morgan fingerprint density at radius 1 is 1.00 bits per heavy atom. The average Bonchev–Trinajstić information content (AvgIpc) is 3.14. The highest BCUT2D eigenvalue weighted by Crippen LogP contribution is 2.39. The van der Waals surface area contributed by atoms with Crippen LogP contribution < -0.4 is 10.1 Å². The quantitative estimate of drug-likeness (QED) is 0.428. The van der Waals surface area contributed by atoms with E-state index in [1.807, 2.05) is 0 Å². The number of aromatic nitrogens is 1. The van der Waals surface area contributed by atoms with E-state index in [-0.39, 0.29) is 29.4 Å². The van der Waals surface area contributed by atoms with Crippen LogP contribution >= 0.6 is 0 Å². The van der Waals surface area contributed by atoms with Crippen molar-refractivity contribution in [3.63, 3.8) is 0 Å². The molecule has 0 fully saturated rings. The first-order valence-electron chi connectivity index (χ1n) is 10.7. The zero-order chi connectivity index (χ0) is 24.7. The third kappa shape index (κ3) is 4.49. The summed E-state index contributed by atoms with van der Waals surface area (Å²) in [6.45, 7) is -0.429. The van der Waals surface area contributed by atoms with Crippen molar-refractivity contribution in [3.8, 4) is 17.0 Å². The van der Waals surface area contributed by atoms with Gasteiger partial charge in [0.1, 0.15) is 11.6 Å². The van der Waals surface area contributed by atoms with E-state index in [0.717, 1.165) is 17.7 Å². The number of ether oxygens (including phenoxy) is 1. The molecule has 10 heteroatoms. The summed E-state index contributed by atoms with van der Waals surface area (Å²) in [6, 6.07) is 12.2. The summed E-state index contributed by atoms with van der Waals surface area (Å²) in [5.41, 5.74) is 2.87. The largest absolute Gasteiger partial charge is 0.484 e. The minimum atomic E-state index is -3.67. The number of hydrogen-bond acceptors (Lipinski definition) is 4. The van der Waals surface area contributed by atoms with Gasteiger partial charge in [0.25, 0.3) is 5.91 Å². The molecule has 35 heavy (non-hydrogen) atoms.